The van der Waals surface area contributed by atoms with Crippen LogP contribution in [-0.2, 0) is 4.74 Å². The van der Waals surface area contributed by atoms with Crippen LogP contribution in [0.1, 0.15) is 17.4 Å². The zero-order chi connectivity index (χ0) is 15.0. The molecule has 2 aromatic heterocycles. The van der Waals surface area contributed by atoms with Gasteiger partial charge in [-0.3, -0.25) is 9.20 Å². The van der Waals surface area contributed by atoms with Crippen LogP contribution < -0.4 is 5.56 Å². The van der Waals surface area contributed by atoms with E-state index in [4.69, 9.17) is 16.3 Å². The van der Waals surface area contributed by atoms with Crippen LogP contribution in [0.15, 0.2) is 41.2 Å². The van der Waals surface area contributed by atoms with Gasteiger partial charge in [0, 0.05) is 17.5 Å². The maximum absolute atomic E-state index is 12.3. The SMILES string of the molecule is CCOC(=O)c1cc(=O)n2c(cc(Cl)c3ccccc32)n1. The first-order valence-corrected chi connectivity index (χ1v) is 6.78. The molecule has 0 fully saturated rings. The molecular weight excluding hydrogens is 292 g/mol. The number of fused-ring (bicyclic) bond motifs is 3. The van der Waals surface area contributed by atoms with Gasteiger partial charge in [-0.15, -0.1) is 0 Å². The van der Waals surface area contributed by atoms with Crippen molar-refractivity contribution in [3.8, 4) is 0 Å². The van der Waals surface area contributed by atoms with Gasteiger partial charge in [-0.2, -0.15) is 0 Å². The minimum Gasteiger partial charge on any atom is -0.461 e. The van der Waals surface area contributed by atoms with Crippen molar-refractivity contribution in [3.05, 3.63) is 57.5 Å². The lowest BCUT2D eigenvalue weighted by molar-refractivity contribution is 0.0519. The van der Waals surface area contributed by atoms with Gasteiger partial charge in [-0.05, 0) is 13.0 Å². The molecule has 0 N–H and O–H groups in total. The average molecular weight is 303 g/mol. The molecular formula is C15H11ClN2O3. The third-order valence-electron chi connectivity index (χ3n) is 3.09. The number of benzene rings is 1. The summed E-state index contributed by atoms with van der Waals surface area (Å²) in [5.74, 6) is -0.624. The Balaban J connectivity index is 2.37. The first-order valence-electron chi connectivity index (χ1n) is 6.40. The summed E-state index contributed by atoms with van der Waals surface area (Å²) >= 11 is 6.21. The summed E-state index contributed by atoms with van der Waals surface area (Å²) in [5.41, 5.74) is 0.589. The minimum atomic E-state index is -0.624. The quantitative estimate of drug-likeness (QED) is 0.539. The molecule has 3 aromatic rings. The van der Waals surface area contributed by atoms with Gasteiger partial charge in [-0.1, -0.05) is 29.8 Å². The fraction of sp³-hybridized carbons (Fsp3) is 0.133. The number of carbonyl (C=O) groups excluding carboxylic acids is 1. The first-order chi connectivity index (χ1) is 10.1. The van der Waals surface area contributed by atoms with E-state index >= 15 is 0 Å². The Bertz CT molecular complexity index is 918. The van der Waals surface area contributed by atoms with Gasteiger partial charge < -0.3 is 4.74 Å². The number of nitrogens with zero attached hydrogens (tertiary/aromatic N) is 2. The van der Waals surface area contributed by atoms with E-state index in [0.29, 0.717) is 16.2 Å². The summed E-state index contributed by atoms with van der Waals surface area (Å²) in [6.45, 7) is 1.91. The van der Waals surface area contributed by atoms with E-state index in [1.54, 1.807) is 19.1 Å². The molecule has 0 unspecified atom stereocenters. The second-order valence-corrected chi connectivity index (χ2v) is 4.81. The van der Waals surface area contributed by atoms with E-state index in [1.807, 2.05) is 18.2 Å². The second-order valence-electron chi connectivity index (χ2n) is 4.40. The van der Waals surface area contributed by atoms with Crippen molar-refractivity contribution in [2.45, 2.75) is 6.92 Å². The summed E-state index contributed by atoms with van der Waals surface area (Å²) in [5, 5.41) is 1.22. The molecule has 1 aromatic carbocycles. The third kappa shape index (κ3) is 2.25. The molecule has 6 heteroatoms. The van der Waals surface area contributed by atoms with Crippen LogP contribution in [0.3, 0.4) is 0 Å². The predicted octanol–water partition coefficient (Wildman–Crippen LogP) is 2.68. The van der Waals surface area contributed by atoms with Crippen LogP contribution in [0.4, 0.5) is 0 Å². The Kier molecular flexibility index (Phi) is 3.35. The molecule has 0 bridgehead atoms. The second kappa shape index (κ2) is 5.18. The number of para-hydroxylation sites is 1. The number of esters is 1. The van der Waals surface area contributed by atoms with Crippen LogP contribution in [0.2, 0.25) is 5.02 Å². The van der Waals surface area contributed by atoms with Gasteiger partial charge in [0.15, 0.2) is 5.69 Å². The summed E-state index contributed by atoms with van der Waals surface area (Å²) in [7, 11) is 0. The Morgan fingerprint density at radius 1 is 1.33 bits per heavy atom. The number of ether oxygens (including phenoxy) is 1. The van der Waals surface area contributed by atoms with E-state index in [0.717, 1.165) is 5.39 Å². The minimum absolute atomic E-state index is 0.0202. The van der Waals surface area contributed by atoms with E-state index in [1.165, 1.54) is 10.5 Å². The predicted molar refractivity (Wildman–Crippen MR) is 79.9 cm³/mol. The summed E-state index contributed by atoms with van der Waals surface area (Å²) in [6.07, 6.45) is 0. The maximum Gasteiger partial charge on any atom is 0.357 e. The van der Waals surface area contributed by atoms with E-state index in [9.17, 15) is 9.59 Å². The zero-order valence-electron chi connectivity index (χ0n) is 11.2. The van der Waals surface area contributed by atoms with Gasteiger partial charge in [0.2, 0.25) is 0 Å². The van der Waals surface area contributed by atoms with Crippen LogP contribution in [-0.4, -0.2) is 22.0 Å². The van der Waals surface area contributed by atoms with E-state index in [-0.39, 0.29) is 17.9 Å². The molecule has 106 valence electrons. The highest BCUT2D eigenvalue weighted by Gasteiger charge is 2.14. The zero-order valence-corrected chi connectivity index (χ0v) is 11.9. The van der Waals surface area contributed by atoms with Crippen molar-refractivity contribution in [3.63, 3.8) is 0 Å². The van der Waals surface area contributed by atoms with Crippen molar-refractivity contribution >= 4 is 34.1 Å². The number of carbonyl (C=O) groups is 1. The summed E-state index contributed by atoms with van der Waals surface area (Å²) < 4.78 is 6.29. The van der Waals surface area contributed by atoms with Crippen LogP contribution in [0, 0.1) is 0 Å². The van der Waals surface area contributed by atoms with Crippen LogP contribution in [0.5, 0.6) is 0 Å². The highest BCUT2D eigenvalue weighted by molar-refractivity contribution is 6.35. The van der Waals surface area contributed by atoms with E-state index in [2.05, 4.69) is 4.98 Å². The summed E-state index contributed by atoms with van der Waals surface area (Å²) in [4.78, 5) is 28.2. The lowest BCUT2D eigenvalue weighted by Gasteiger charge is -2.08. The average Bonchev–Trinajstić information content (AvgIpc) is 2.47. The van der Waals surface area contributed by atoms with Crippen molar-refractivity contribution in [1.82, 2.24) is 9.38 Å². The lowest BCUT2D eigenvalue weighted by atomic mass is 10.2. The normalized spacial score (nSPS) is 11.0. The molecule has 0 aliphatic carbocycles. The first kappa shape index (κ1) is 13.6. The highest BCUT2D eigenvalue weighted by Crippen LogP contribution is 2.24. The Hall–Kier alpha value is -2.40. The maximum atomic E-state index is 12.3. The molecule has 0 atom stereocenters. The highest BCUT2D eigenvalue weighted by atomic mass is 35.5. The molecule has 5 nitrogen and oxygen atoms in total. The molecule has 0 saturated carbocycles. The van der Waals surface area contributed by atoms with E-state index < -0.39 is 5.97 Å². The fourth-order valence-corrected chi connectivity index (χ4v) is 2.47. The Morgan fingerprint density at radius 2 is 2.10 bits per heavy atom. The molecule has 0 saturated heterocycles. The molecule has 21 heavy (non-hydrogen) atoms. The Labute approximate surface area is 124 Å². The fourth-order valence-electron chi connectivity index (χ4n) is 2.21. The summed E-state index contributed by atoms with van der Waals surface area (Å²) in [6, 6.07) is 9.98. The lowest BCUT2D eigenvalue weighted by Crippen LogP contribution is -2.19. The van der Waals surface area contributed by atoms with Crippen LogP contribution >= 0.6 is 11.6 Å². The van der Waals surface area contributed by atoms with Crippen molar-refractivity contribution in [2.75, 3.05) is 6.61 Å². The number of hydrogen-bond acceptors (Lipinski definition) is 4. The molecule has 0 aliphatic heterocycles. The molecule has 0 aliphatic rings. The number of aromatic nitrogens is 2. The number of hydrogen-bond donors (Lipinski definition) is 0. The molecule has 2 heterocycles. The number of rotatable bonds is 2. The standard InChI is InChI=1S/C15H11ClN2O3/c1-2-21-15(20)11-8-14(19)18-12-6-4-3-5-9(12)10(16)7-13(18)17-11/h3-8H,2H2,1H3. The van der Waals surface area contributed by atoms with Gasteiger partial charge in [0.1, 0.15) is 5.65 Å². The monoisotopic (exact) mass is 302 g/mol. The number of halogens is 1. The molecule has 0 spiro atoms. The van der Waals surface area contributed by atoms with Crippen molar-refractivity contribution in [2.24, 2.45) is 0 Å². The number of pyridine rings is 1. The molecule has 0 radical (unpaired) electrons. The topological polar surface area (TPSA) is 60.7 Å². The Morgan fingerprint density at radius 3 is 2.86 bits per heavy atom. The molecule has 0 amide bonds. The van der Waals surface area contributed by atoms with Gasteiger partial charge in [0.05, 0.1) is 17.1 Å². The van der Waals surface area contributed by atoms with Gasteiger partial charge >= 0.3 is 5.97 Å². The largest absolute Gasteiger partial charge is 0.461 e. The smallest absolute Gasteiger partial charge is 0.357 e. The van der Waals surface area contributed by atoms with Crippen molar-refractivity contribution in [1.29, 1.82) is 0 Å². The van der Waals surface area contributed by atoms with Gasteiger partial charge in [-0.25, -0.2) is 9.78 Å². The van der Waals surface area contributed by atoms with Crippen molar-refractivity contribution < 1.29 is 9.53 Å². The third-order valence-corrected chi connectivity index (χ3v) is 3.40. The molecule has 3 rings (SSSR count). The van der Waals surface area contributed by atoms with Crippen LogP contribution in [0.25, 0.3) is 16.6 Å². The van der Waals surface area contributed by atoms with Gasteiger partial charge in [0.25, 0.3) is 5.56 Å².